The van der Waals surface area contributed by atoms with E-state index in [0.717, 1.165) is 17.5 Å². The number of hydrogen-bond donors (Lipinski definition) is 1. The van der Waals surface area contributed by atoms with Crippen LogP contribution in [-0.2, 0) is 4.74 Å². The lowest BCUT2D eigenvalue weighted by Crippen LogP contribution is -2.10. The molecule has 0 aliphatic carbocycles. The van der Waals surface area contributed by atoms with Gasteiger partial charge in [-0.3, -0.25) is 10.1 Å². The minimum absolute atomic E-state index is 0.186. The van der Waals surface area contributed by atoms with Crippen molar-refractivity contribution in [1.29, 1.82) is 0 Å². The standard InChI is InChI=1S/C17H15BrN2O4S/c1-2-3-8-23-16(22)10-4-5-11-13(9-10)25-17(19-11)20-15(21)12-6-7-14(18)24-12/h4-7,9H,2-3,8H2,1H3,(H,19,20,21). The Morgan fingerprint density at radius 3 is 2.88 bits per heavy atom. The molecule has 25 heavy (non-hydrogen) atoms. The quantitative estimate of drug-likeness (QED) is 0.452. The number of hydrogen-bond acceptors (Lipinski definition) is 6. The maximum atomic E-state index is 12.1. The fourth-order valence-corrected chi connectivity index (χ4v) is 3.30. The van der Waals surface area contributed by atoms with Gasteiger partial charge in [-0.2, -0.15) is 0 Å². The van der Waals surface area contributed by atoms with Crippen LogP contribution in [0.5, 0.6) is 0 Å². The van der Waals surface area contributed by atoms with Gasteiger partial charge in [-0.05, 0) is 52.7 Å². The van der Waals surface area contributed by atoms with Crippen molar-refractivity contribution in [2.75, 3.05) is 11.9 Å². The number of halogens is 1. The number of thiazole rings is 1. The molecule has 130 valence electrons. The van der Waals surface area contributed by atoms with Crippen molar-refractivity contribution in [2.24, 2.45) is 0 Å². The monoisotopic (exact) mass is 422 g/mol. The smallest absolute Gasteiger partial charge is 0.338 e. The van der Waals surface area contributed by atoms with E-state index < -0.39 is 0 Å². The molecule has 0 unspecified atom stereocenters. The summed E-state index contributed by atoms with van der Waals surface area (Å²) in [6, 6.07) is 8.34. The maximum absolute atomic E-state index is 12.1. The lowest BCUT2D eigenvalue weighted by molar-refractivity contribution is 0.0500. The van der Waals surface area contributed by atoms with Crippen LogP contribution in [0.15, 0.2) is 39.4 Å². The number of unbranched alkanes of at least 4 members (excludes halogenated alkanes) is 1. The third-order valence-electron chi connectivity index (χ3n) is 3.37. The predicted molar refractivity (Wildman–Crippen MR) is 99.2 cm³/mol. The Labute approximate surface area is 156 Å². The molecule has 0 saturated heterocycles. The summed E-state index contributed by atoms with van der Waals surface area (Å²) in [5.41, 5.74) is 1.17. The SMILES string of the molecule is CCCCOC(=O)c1ccc2nc(NC(=O)c3ccc(Br)o3)sc2c1. The lowest BCUT2D eigenvalue weighted by Gasteiger charge is -2.03. The number of nitrogens with one attached hydrogen (secondary N) is 1. The van der Waals surface area contributed by atoms with Gasteiger partial charge in [0.05, 0.1) is 22.4 Å². The number of anilines is 1. The predicted octanol–water partition coefficient (Wildman–Crippen LogP) is 4.86. The summed E-state index contributed by atoms with van der Waals surface area (Å²) in [5, 5.41) is 3.12. The van der Waals surface area contributed by atoms with Crippen LogP contribution in [-0.4, -0.2) is 23.5 Å². The zero-order chi connectivity index (χ0) is 17.8. The normalized spacial score (nSPS) is 10.8. The summed E-state index contributed by atoms with van der Waals surface area (Å²) >= 11 is 4.44. The number of furan rings is 1. The van der Waals surface area contributed by atoms with E-state index in [4.69, 9.17) is 9.15 Å². The first-order chi connectivity index (χ1) is 12.1. The molecule has 1 N–H and O–H groups in total. The van der Waals surface area contributed by atoms with Gasteiger partial charge in [-0.25, -0.2) is 9.78 Å². The van der Waals surface area contributed by atoms with E-state index in [-0.39, 0.29) is 17.6 Å². The van der Waals surface area contributed by atoms with Gasteiger partial charge in [-0.15, -0.1) is 0 Å². The Morgan fingerprint density at radius 1 is 1.32 bits per heavy atom. The van der Waals surface area contributed by atoms with Gasteiger partial charge < -0.3 is 9.15 Å². The molecular weight excluding hydrogens is 408 g/mol. The van der Waals surface area contributed by atoms with Crippen molar-refractivity contribution in [3.05, 3.63) is 46.3 Å². The fraction of sp³-hybridized carbons (Fsp3) is 0.235. The first kappa shape index (κ1) is 17.6. The summed E-state index contributed by atoms with van der Waals surface area (Å²) in [4.78, 5) is 28.4. The molecule has 0 fully saturated rings. The Morgan fingerprint density at radius 2 is 2.16 bits per heavy atom. The van der Waals surface area contributed by atoms with Crippen LogP contribution in [0, 0.1) is 0 Å². The number of aromatic nitrogens is 1. The molecule has 0 saturated carbocycles. The number of carbonyl (C=O) groups excluding carboxylic acids is 2. The molecule has 0 radical (unpaired) electrons. The minimum Gasteiger partial charge on any atom is -0.462 e. The summed E-state index contributed by atoms with van der Waals surface area (Å²) in [7, 11) is 0. The summed E-state index contributed by atoms with van der Waals surface area (Å²) in [6.45, 7) is 2.45. The molecule has 3 rings (SSSR count). The number of amides is 1. The van der Waals surface area contributed by atoms with Crippen LogP contribution in [0.1, 0.15) is 40.7 Å². The topological polar surface area (TPSA) is 81.4 Å². The van der Waals surface area contributed by atoms with E-state index in [9.17, 15) is 9.59 Å². The van der Waals surface area contributed by atoms with Gasteiger partial charge >= 0.3 is 5.97 Å². The Bertz CT molecular complexity index is 918. The summed E-state index contributed by atoms with van der Waals surface area (Å²) in [5.74, 6) is -0.551. The fourth-order valence-electron chi connectivity index (χ4n) is 2.09. The van der Waals surface area contributed by atoms with Crippen molar-refractivity contribution < 1.29 is 18.7 Å². The third-order valence-corrected chi connectivity index (χ3v) is 4.73. The van der Waals surface area contributed by atoms with Crippen LogP contribution in [0.4, 0.5) is 5.13 Å². The maximum Gasteiger partial charge on any atom is 0.338 e. The van der Waals surface area contributed by atoms with E-state index in [2.05, 4.69) is 26.2 Å². The van der Waals surface area contributed by atoms with E-state index in [0.29, 0.717) is 27.5 Å². The van der Waals surface area contributed by atoms with Crippen molar-refractivity contribution in [3.63, 3.8) is 0 Å². The molecule has 1 amide bonds. The highest BCUT2D eigenvalue weighted by atomic mass is 79.9. The largest absolute Gasteiger partial charge is 0.462 e. The molecule has 0 aliphatic rings. The van der Waals surface area contributed by atoms with Crippen LogP contribution in [0.3, 0.4) is 0 Å². The van der Waals surface area contributed by atoms with Gasteiger partial charge in [0.2, 0.25) is 0 Å². The average Bonchev–Trinajstić information content (AvgIpc) is 3.19. The zero-order valence-electron chi connectivity index (χ0n) is 13.4. The number of rotatable bonds is 6. The molecule has 1 aromatic carbocycles. The van der Waals surface area contributed by atoms with Crippen molar-refractivity contribution in [3.8, 4) is 0 Å². The number of carbonyl (C=O) groups is 2. The zero-order valence-corrected chi connectivity index (χ0v) is 15.8. The number of ether oxygens (including phenoxy) is 1. The minimum atomic E-state index is -0.385. The van der Waals surface area contributed by atoms with Crippen LogP contribution >= 0.6 is 27.3 Å². The number of benzene rings is 1. The molecular formula is C17H15BrN2O4S. The third kappa shape index (κ3) is 4.26. The molecule has 0 spiro atoms. The summed E-state index contributed by atoms with van der Waals surface area (Å²) < 4.78 is 11.7. The Hall–Kier alpha value is -2.19. The molecule has 2 heterocycles. The van der Waals surface area contributed by atoms with Gasteiger partial charge in [0.25, 0.3) is 5.91 Å². The second-order valence-corrected chi connectivity index (χ2v) is 7.06. The molecule has 2 aromatic heterocycles. The molecule has 6 nitrogen and oxygen atoms in total. The molecule has 8 heteroatoms. The van der Waals surface area contributed by atoms with Crippen LogP contribution in [0.2, 0.25) is 0 Å². The number of fused-ring (bicyclic) bond motifs is 1. The highest BCUT2D eigenvalue weighted by Gasteiger charge is 2.15. The first-order valence-electron chi connectivity index (χ1n) is 7.71. The second kappa shape index (κ2) is 7.79. The number of nitrogens with zero attached hydrogens (tertiary/aromatic N) is 1. The van der Waals surface area contributed by atoms with Gasteiger partial charge in [-0.1, -0.05) is 24.7 Å². The lowest BCUT2D eigenvalue weighted by atomic mass is 10.2. The van der Waals surface area contributed by atoms with Gasteiger partial charge in [0.1, 0.15) is 0 Å². The molecule has 0 bridgehead atoms. The molecule has 3 aromatic rings. The van der Waals surface area contributed by atoms with E-state index in [1.54, 1.807) is 30.3 Å². The average molecular weight is 423 g/mol. The summed E-state index contributed by atoms with van der Waals surface area (Å²) in [6.07, 6.45) is 1.81. The van der Waals surface area contributed by atoms with Gasteiger partial charge in [0, 0.05) is 0 Å². The van der Waals surface area contributed by atoms with Crippen molar-refractivity contribution in [1.82, 2.24) is 4.98 Å². The second-order valence-electron chi connectivity index (χ2n) is 5.25. The Kier molecular flexibility index (Phi) is 5.50. The van der Waals surface area contributed by atoms with Crippen LogP contribution < -0.4 is 5.32 Å². The highest BCUT2D eigenvalue weighted by Crippen LogP contribution is 2.27. The number of esters is 1. The van der Waals surface area contributed by atoms with E-state index in [1.165, 1.54) is 11.3 Å². The van der Waals surface area contributed by atoms with E-state index >= 15 is 0 Å². The van der Waals surface area contributed by atoms with Crippen LogP contribution in [0.25, 0.3) is 10.2 Å². The molecule has 0 aliphatic heterocycles. The Balaban J connectivity index is 1.73. The van der Waals surface area contributed by atoms with Crippen molar-refractivity contribution >= 4 is 54.5 Å². The first-order valence-corrected chi connectivity index (χ1v) is 9.32. The van der Waals surface area contributed by atoms with Crippen molar-refractivity contribution in [2.45, 2.75) is 19.8 Å². The highest BCUT2D eigenvalue weighted by molar-refractivity contribution is 9.10. The molecule has 0 atom stereocenters. The van der Waals surface area contributed by atoms with E-state index in [1.807, 2.05) is 6.92 Å². The van der Waals surface area contributed by atoms with Gasteiger partial charge in [0.15, 0.2) is 15.6 Å².